The molecule has 4 rings (SSSR count). The third-order valence-electron chi connectivity index (χ3n) is 4.17. The molecule has 0 aliphatic carbocycles. The summed E-state index contributed by atoms with van der Waals surface area (Å²) < 4.78 is 0. The quantitative estimate of drug-likeness (QED) is 0.718. The van der Waals surface area contributed by atoms with Crippen LogP contribution in [0, 0.1) is 5.92 Å². The van der Waals surface area contributed by atoms with Crippen LogP contribution in [0.15, 0.2) is 42.6 Å². The Morgan fingerprint density at radius 1 is 1.24 bits per heavy atom. The Hall–Kier alpha value is -2.62. The van der Waals surface area contributed by atoms with E-state index in [0.29, 0.717) is 13.0 Å². The number of benzene rings is 1. The summed E-state index contributed by atoms with van der Waals surface area (Å²) in [4.78, 5) is 15.5. The molecule has 0 radical (unpaired) electrons. The van der Waals surface area contributed by atoms with Crippen molar-refractivity contribution in [3.05, 3.63) is 48.2 Å². The van der Waals surface area contributed by atoms with Crippen LogP contribution in [0.25, 0.3) is 21.7 Å². The van der Waals surface area contributed by atoms with Crippen molar-refractivity contribution in [2.24, 2.45) is 5.92 Å². The van der Waals surface area contributed by atoms with Gasteiger partial charge in [0.15, 0.2) is 0 Å². The second kappa shape index (κ2) is 4.45. The molecule has 0 bridgehead atoms. The molecule has 1 aliphatic rings. The van der Waals surface area contributed by atoms with Gasteiger partial charge in [0, 0.05) is 29.2 Å². The Morgan fingerprint density at radius 3 is 3.00 bits per heavy atom. The van der Waals surface area contributed by atoms with Crippen molar-refractivity contribution >= 4 is 33.3 Å². The average Bonchev–Trinajstić information content (AvgIpc) is 2.85. The van der Waals surface area contributed by atoms with E-state index >= 15 is 0 Å². The number of carbonyl (C=O) groups is 1. The summed E-state index contributed by atoms with van der Waals surface area (Å²) in [7, 11) is 0. The number of rotatable bonds is 1. The first kappa shape index (κ1) is 12.1. The van der Waals surface area contributed by atoms with Gasteiger partial charge < -0.3 is 10.4 Å². The average molecular weight is 278 g/mol. The first-order chi connectivity index (χ1) is 10.2. The number of fused-ring (bicyclic) bond motifs is 4. The number of hydrogen-bond acceptors (Lipinski definition) is 3. The lowest BCUT2D eigenvalue weighted by Crippen LogP contribution is -2.29. The normalized spacial score (nSPS) is 17.4. The standard InChI is InChI=1S/C17H14N2O2/c20-17(21)13-6-12-3-1-2-10-8-15-11(4-5-18-15)7-14(10)16(12)19-9-13/h1-5,7-8,13,19H,6,9H2,(H,20,21). The molecule has 4 nitrogen and oxygen atoms in total. The lowest BCUT2D eigenvalue weighted by molar-refractivity contribution is -0.141. The van der Waals surface area contributed by atoms with Crippen LogP contribution in [0.1, 0.15) is 5.56 Å². The number of carboxylic acid groups (broad SMARTS) is 1. The summed E-state index contributed by atoms with van der Waals surface area (Å²) in [5, 5.41) is 15.9. The van der Waals surface area contributed by atoms with Crippen molar-refractivity contribution in [2.45, 2.75) is 6.42 Å². The zero-order chi connectivity index (χ0) is 14.4. The molecule has 1 unspecified atom stereocenters. The van der Waals surface area contributed by atoms with Crippen molar-refractivity contribution in [3.63, 3.8) is 0 Å². The SMILES string of the molecule is O=C(O)C1CNc2c(cccc3cc4nccc4cc23)C1. The topological polar surface area (TPSA) is 62.2 Å². The lowest BCUT2D eigenvalue weighted by Gasteiger charge is -2.23. The fourth-order valence-corrected chi connectivity index (χ4v) is 3.06. The molecule has 104 valence electrons. The van der Waals surface area contributed by atoms with Crippen LogP contribution in [-0.2, 0) is 11.2 Å². The van der Waals surface area contributed by atoms with Crippen molar-refractivity contribution < 1.29 is 9.90 Å². The molecule has 2 heterocycles. The van der Waals surface area contributed by atoms with Gasteiger partial charge in [0.1, 0.15) is 0 Å². The highest BCUT2D eigenvalue weighted by atomic mass is 16.4. The highest BCUT2D eigenvalue weighted by molar-refractivity contribution is 6.03. The van der Waals surface area contributed by atoms with Gasteiger partial charge in [-0.05, 0) is 35.6 Å². The summed E-state index contributed by atoms with van der Waals surface area (Å²) in [5.41, 5.74) is 3.10. The molecule has 0 saturated carbocycles. The molecule has 21 heavy (non-hydrogen) atoms. The van der Waals surface area contributed by atoms with E-state index in [4.69, 9.17) is 0 Å². The summed E-state index contributed by atoms with van der Waals surface area (Å²) in [6, 6.07) is 12.3. The van der Waals surface area contributed by atoms with Gasteiger partial charge >= 0.3 is 5.97 Å². The molecular formula is C17H14N2O2. The third-order valence-corrected chi connectivity index (χ3v) is 4.17. The fraction of sp³-hybridized carbons (Fsp3) is 0.176. The Balaban J connectivity index is 1.98. The van der Waals surface area contributed by atoms with E-state index in [-0.39, 0.29) is 5.92 Å². The largest absolute Gasteiger partial charge is 0.481 e. The predicted octanol–water partition coefficient (Wildman–Crippen LogP) is 3.06. The van der Waals surface area contributed by atoms with Gasteiger partial charge in [0.25, 0.3) is 0 Å². The Bertz CT molecular complexity index is 873. The monoisotopic (exact) mass is 278 g/mol. The van der Waals surface area contributed by atoms with Crippen LogP contribution in [-0.4, -0.2) is 22.6 Å². The Labute approximate surface area is 121 Å². The van der Waals surface area contributed by atoms with E-state index in [2.05, 4.69) is 28.5 Å². The Kier molecular flexibility index (Phi) is 2.57. The maximum Gasteiger partial charge on any atom is 0.308 e. The number of anilines is 1. The fourth-order valence-electron chi connectivity index (χ4n) is 3.06. The van der Waals surface area contributed by atoms with E-state index in [1.54, 1.807) is 0 Å². The van der Waals surface area contributed by atoms with E-state index < -0.39 is 5.97 Å². The van der Waals surface area contributed by atoms with Crippen LogP contribution in [0.2, 0.25) is 0 Å². The number of aromatic nitrogens is 1. The summed E-state index contributed by atoms with van der Waals surface area (Å²) in [6.45, 7) is 0.471. The van der Waals surface area contributed by atoms with Gasteiger partial charge in [0.05, 0.1) is 11.4 Å². The van der Waals surface area contributed by atoms with Gasteiger partial charge in [-0.15, -0.1) is 0 Å². The molecule has 1 aromatic heterocycles. The minimum Gasteiger partial charge on any atom is -0.481 e. The molecule has 4 heteroatoms. The minimum atomic E-state index is -0.744. The number of hydrogen-bond donors (Lipinski definition) is 2. The first-order valence-corrected chi connectivity index (χ1v) is 6.99. The molecule has 2 aromatic carbocycles. The highest BCUT2D eigenvalue weighted by Gasteiger charge is 2.24. The first-order valence-electron chi connectivity index (χ1n) is 6.99. The molecule has 2 N–H and O–H groups in total. The summed E-state index contributed by atoms with van der Waals surface area (Å²) >= 11 is 0. The summed E-state index contributed by atoms with van der Waals surface area (Å²) in [6.07, 6.45) is 2.38. The van der Waals surface area contributed by atoms with Crippen molar-refractivity contribution in [2.75, 3.05) is 11.9 Å². The zero-order valence-electron chi connectivity index (χ0n) is 11.3. The van der Waals surface area contributed by atoms with E-state index in [1.165, 1.54) is 0 Å². The molecule has 0 saturated heterocycles. The van der Waals surface area contributed by atoms with E-state index in [1.807, 2.05) is 24.4 Å². The smallest absolute Gasteiger partial charge is 0.308 e. The van der Waals surface area contributed by atoms with Gasteiger partial charge in [-0.2, -0.15) is 0 Å². The molecule has 0 fully saturated rings. The van der Waals surface area contributed by atoms with E-state index in [0.717, 1.165) is 32.9 Å². The van der Waals surface area contributed by atoms with Crippen LogP contribution in [0.4, 0.5) is 5.69 Å². The highest BCUT2D eigenvalue weighted by Crippen LogP contribution is 2.33. The molecule has 0 amide bonds. The van der Waals surface area contributed by atoms with Gasteiger partial charge in [-0.1, -0.05) is 18.2 Å². The second-order valence-electron chi connectivity index (χ2n) is 5.49. The third kappa shape index (κ3) is 1.91. The van der Waals surface area contributed by atoms with Crippen LogP contribution >= 0.6 is 0 Å². The van der Waals surface area contributed by atoms with Gasteiger partial charge in [0.2, 0.25) is 0 Å². The molecule has 1 aliphatic heterocycles. The number of carboxylic acids is 1. The zero-order valence-corrected chi connectivity index (χ0v) is 11.3. The summed E-state index contributed by atoms with van der Waals surface area (Å²) in [5.74, 6) is -1.11. The van der Waals surface area contributed by atoms with Crippen molar-refractivity contribution in [1.29, 1.82) is 0 Å². The van der Waals surface area contributed by atoms with Crippen molar-refractivity contribution in [1.82, 2.24) is 4.98 Å². The van der Waals surface area contributed by atoms with Crippen LogP contribution in [0.5, 0.6) is 0 Å². The Morgan fingerprint density at radius 2 is 2.14 bits per heavy atom. The molecule has 1 atom stereocenters. The van der Waals surface area contributed by atoms with Gasteiger partial charge in [-0.25, -0.2) is 0 Å². The molecular weight excluding hydrogens is 264 g/mol. The van der Waals surface area contributed by atoms with Crippen LogP contribution in [0.3, 0.4) is 0 Å². The molecule has 3 aromatic rings. The lowest BCUT2D eigenvalue weighted by atomic mass is 9.94. The predicted molar refractivity (Wildman–Crippen MR) is 82.6 cm³/mol. The molecule has 0 spiro atoms. The van der Waals surface area contributed by atoms with E-state index in [9.17, 15) is 9.90 Å². The second-order valence-corrected chi connectivity index (χ2v) is 5.49. The number of nitrogens with one attached hydrogen (secondary N) is 1. The number of aliphatic carboxylic acids is 1. The number of nitrogens with zero attached hydrogens (tertiary/aromatic N) is 1. The maximum atomic E-state index is 11.2. The van der Waals surface area contributed by atoms with Crippen molar-refractivity contribution in [3.8, 4) is 0 Å². The maximum absolute atomic E-state index is 11.2. The van der Waals surface area contributed by atoms with Gasteiger partial charge in [-0.3, -0.25) is 9.78 Å². The van der Waals surface area contributed by atoms with Crippen LogP contribution < -0.4 is 5.32 Å². The minimum absolute atomic E-state index is 0.362.